The van der Waals surface area contributed by atoms with Crippen LogP contribution in [-0.2, 0) is 4.79 Å². The number of aliphatic hydroxyl groups is 1. The Morgan fingerprint density at radius 2 is 1.84 bits per heavy atom. The summed E-state index contributed by atoms with van der Waals surface area (Å²) >= 11 is 0. The number of fused-ring (bicyclic) bond motifs is 1. The number of imidazole rings is 1. The standard InChI is InChI=1S/C30H31N5O3/c1-4-25(36)22(16-20-17-30(20,2)3)29(38)32-21-11-8-18(9-12-21)27-33-23-13-10-19(15-24(23)34-27)28(37)35-26-7-5-6-14-31-26/h5-15,20,36H,4,16-17H2,1-3H3,(H,32,38)(H,33,34)(H,31,35,37). The third kappa shape index (κ3) is 5.44. The zero-order valence-corrected chi connectivity index (χ0v) is 21.7. The van der Waals surface area contributed by atoms with Crippen molar-refractivity contribution in [3.8, 4) is 11.4 Å². The minimum Gasteiger partial charge on any atom is -0.512 e. The molecule has 1 fully saturated rings. The lowest BCUT2D eigenvalue weighted by molar-refractivity contribution is -0.113. The van der Waals surface area contributed by atoms with E-state index in [9.17, 15) is 14.7 Å². The summed E-state index contributed by atoms with van der Waals surface area (Å²) in [5.41, 5.74) is 4.11. The van der Waals surface area contributed by atoms with E-state index >= 15 is 0 Å². The van der Waals surface area contributed by atoms with Crippen molar-refractivity contribution in [1.29, 1.82) is 0 Å². The Bertz CT molecular complexity index is 1520. The maximum Gasteiger partial charge on any atom is 0.256 e. The highest BCUT2D eigenvalue weighted by Crippen LogP contribution is 2.55. The van der Waals surface area contributed by atoms with Gasteiger partial charge in [0.05, 0.1) is 16.6 Å². The van der Waals surface area contributed by atoms with Gasteiger partial charge in [-0.2, -0.15) is 0 Å². The van der Waals surface area contributed by atoms with Crippen LogP contribution in [0.15, 0.2) is 78.2 Å². The number of nitrogens with one attached hydrogen (secondary N) is 3. The molecule has 194 valence electrons. The summed E-state index contributed by atoms with van der Waals surface area (Å²) < 4.78 is 0. The van der Waals surface area contributed by atoms with Crippen molar-refractivity contribution in [1.82, 2.24) is 15.0 Å². The van der Waals surface area contributed by atoms with Crippen LogP contribution in [0.25, 0.3) is 22.4 Å². The van der Waals surface area contributed by atoms with Crippen LogP contribution in [0.4, 0.5) is 11.5 Å². The molecule has 5 rings (SSSR count). The van der Waals surface area contributed by atoms with Gasteiger partial charge in [-0.15, -0.1) is 0 Å². The molecule has 8 heteroatoms. The van der Waals surface area contributed by atoms with Gasteiger partial charge in [0.15, 0.2) is 0 Å². The fourth-order valence-electron chi connectivity index (χ4n) is 4.55. The Hall–Kier alpha value is -4.46. The zero-order chi connectivity index (χ0) is 26.9. The van der Waals surface area contributed by atoms with Gasteiger partial charge in [-0.3, -0.25) is 9.59 Å². The molecule has 2 aromatic carbocycles. The number of amides is 2. The molecular weight excluding hydrogens is 478 g/mol. The molecule has 0 aliphatic heterocycles. The lowest BCUT2D eigenvalue weighted by Crippen LogP contribution is -2.17. The molecule has 0 spiro atoms. The number of nitrogens with zero attached hydrogens (tertiary/aromatic N) is 2. The van der Waals surface area contributed by atoms with Crippen LogP contribution in [0.2, 0.25) is 0 Å². The molecule has 1 aliphatic rings. The monoisotopic (exact) mass is 509 g/mol. The molecule has 8 nitrogen and oxygen atoms in total. The summed E-state index contributed by atoms with van der Waals surface area (Å²) in [5, 5.41) is 16.1. The van der Waals surface area contributed by atoms with Gasteiger partial charge in [0.2, 0.25) is 0 Å². The molecule has 38 heavy (non-hydrogen) atoms. The second-order valence-electron chi connectivity index (χ2n) is 10.4. The minimum absolute atomic E-state index is 0.150. The van der Waals surface area contributed by atoms with Crippen molar-refractivity contribution < 1.29 is 14.7 Å². The van der Waals surface area contributed by atoms with Crippen LogP contribution in [0.5, 0.6) is 0 Å². The first-order valence-electron chi connectivity index (χ1n) is 12.8. The zero-order valence-electron chi connectivity index (χ0n) is 21.7. The maximum atomic E-state index is 13.0. The van der Waals surface area contributed by atoms with Gasteiger partial charge in [-0.05, 0) is 78.8 Å². The van der Waals surface area contributed by atoms with E-state index < -0.39 is 0 Å². The molecule has 0 saturated heterocycles. The number of aliphatic hydroxyl groups excluding tert-OH is 1. The van der Waals surface area contributed by atoms with Crippen molar-refractivity contribution in [2.45, 2.75) is 40.0 Å². The average Bonchev–Trinajstić information content (AvgIpc) is 3.31. The molecule has 0 bridgehead atoms. The van der Waals surface area contributed by atoms with Gasteiger partial charge in [0, 0.05) is 29.4 Å². The van der Waals surface area contributed by atoms with Crippen LogP contribution in [-0.4, -0.2) is 31.9 Å². The van der Waals surface area contributed by atoms with Crippen molar-refractivity contribution in [3.63, 3.8) is 0 Å². The smallest absolute Gasteiger partial charge is 0.256 e. The molecule has 1 aliphatic carbocycles. The number of benzene rings is 2. The number of aromatic nitrogens is 3. The Kier molecular flexibility index (Phi) is 6.72. The minimum atomic E-state index is -0.264. The molecule has 4 N–H and O–H groups in total. The van der Waals surface area contributed by atoms with Gasteiger partial charge in [-0.25, -0.2) is 9.97 Å². The fourth-order valence-corrected chi connectivity index (χ4v) is 4.55. The fraction of sp³-hybridized carbons (Fsp3) is 0.267. The van der Waals surface area contributed by atoms with Gasteiger partial charge in [0.25, 0.3) is 11.8 Å². The van der Waals surface area contributed by atoms with Crippen molar-refractivity contribution in [2.24, 2.45) is 11.3 Å². The van der Waals surface area contributed by atoms with Crippen LogP contribution < -0.4 is 10.6 Å². The highest BCUT2D eigenvalue weighted by Gasteiger charge is 2.46. The molecule has 4 aromatic rings. The summed E-state index contributed by atoms with van der Waals surface area (Å²) in [7, 11) is 0. The third-order valence-corrected chi connectivity index (χ3v) is 7.19. The van der Waals surface area contributed by atoms with Gasteiger partial charge in [-0.1, -0.05) is 26.8 Å². The quantitative estimate of drug-likeness (QED) is 0.160. The van der Waals surface area contributed by atoms with E-state index in [-0.39, 0.29) is 23.0 Å². The normalized spacial score (nSPS) is 16.6. The first-order chi connectivity index (χ1) is 18.2. The van der Waals surface area contributed by atoms with E-state index in [1.54, 1.807) is 30.5 Å². The number of anilines is 2. The number of allylic oxidation sites excluding steroid dienone is 1. The number of rotatable bonds is 8. The Labute approximate surface area is 221 Å². The lowest BCUT2D eigenvalue weighted by Gasteiger charge is -2.12. The van der Waals surface area contributed by atoms with Crippen LogP contribution in [0.1, 0.15) is 50.4 Å². The van der Waals surface area contributed by atoms with Crippen molar-refractivity contribution >= 4 is 34.4 Å². The molecule has 1 saturated carbocycles. The first kappa shape index (κ1) is 25.2. The van der Waals surface area contributed by atoms with E-state index in [1.807, 2.05) is 43.3 Å². The second-order valence-corrected chi connectivity index (χ2v) is 10.4. The molecular formula is C30H31N5O3. The number of hydrogen-bond donors (Lipinski definition) is 4. The molecule has 0 radical (unpaired) electrons. The van der Waals surface area contributed by atoms with E-state index in [0.29, 0.717) is 52.7 Å². The van der Waals surface area contributed by atoms with Gasteiger partial charge < -0.3 is 20.7 Å². The van der Waals surface area contributed by atoms with Gasteiger partial charge in [0.1, 0.15) is 17.4 Å². The summed E-state index contributed by atoms with van der Waals surface area (Å²) in [6.07, 6.45) is 3.68. The summed E-state index contributed by atoms with van der Waals surface area (Å²) in [6.45, 7) is 6.22. The van der Waals surface area contributed by atoms with Crippen molar-refractivity contribution in [3.05, 3.63) is 83.8 Å². The SMILES string of the molecule is CCC(O)=C(CC1CC1(C)C)C(=O)Nc1ccc(-c2nc3cc(C(=O)Nc4ccccn4)ccc3[nH]2)cc1. The largest absolute Gasteiger partial charge is 0.512 e. The summed E-state index contributed by atoms with van der Waals surface area (Å²) in [5.74, 6) is 1.17. The molecule has 2 amide bonds. The van der Waals surface area contributed by atoms with E-state index in [4.69, 9.17) is 0 Å². The van der Waals surface area contributed by atoms with Gasteiger partial charge >= 0.3 is 0 Å². The van der Waals surface area contributed by atoms with Crippen LogP contribution in [0.3, 0.4) is 0 Å². The Balaban J connectivity index is 1.28. The molecule has 2 aromatic heterocycles. The molecule has 1 unspecified atom stereocenters. The van der Waals surface area contributed by atoms with E-state index in [0.717, 1.165) is 17.5 Å². The number of hydrogen-bond acceptors (Lipinski definition) is 5. The van der Waals surface area contributed by atoms with E-state index in [1.165, 1.54) is 0 Å². The third-order valence-electron chi connectivity index (χ3n) is 7.19. The Morgan fingerprint density at radius 1 is 1.08 bits per heavy atom. The van der Waals surface area contributed by atoms with E-state index in [2.05, 4.69) is 39.4 Å². The summed E-state index contributed by atoms with van der Waals surface area (Å²) in [6, 6.07) is 18.0. The second kappa shape index (κ2) is 10.1. The number of aromatic amines is 1. The predicted octanol–water partition coefficient (Wildman–Crippen LogP) is 6.47. The highest BCUT2D eigenvalue weighted by molar-refractivity contribution is 6.06. The maximum absolute atomic E-state index is 13.0. The average molecular weight is 510 g/mol. The predicted molar refractivity (Wildman–Crippen MR) is 149 cm³/mol. The first-order valence-corrected chi connectivity index (χ1v) is 12.8. The van der Waals surface area contributed by atoms with Crippen LogP contribution in [0, 0.1) is 11.3 Å². The van der Waals surface area contributed by atoms with Crippen molar-refractivity contribution in [2.75, 3.05) is 10.6 Å². The number of H-pyrrole nitrogens is 1. The number of carbonyl (C=O) groups excluding carboxylic acids is 2. The van der Waals surface area contributed by atoms with Crippen LogP contribution >= 0.6 is 0 Å². The highest BCUT2D eigenvalue weighted by atomic mass is 16.3. The Morgan fingerprint density at radius 3 is 2.50 bits per heavy atom. The molecule has 2 heterocycles. The lowest BCUT2D eigenvalue weighted by atomic mass is 10.0. The topological polar surface area (TPSA) is 120 Å². The summed E-state index contributed by atoms with van der Waals surface area (Å²) in [4.78, 5) is 37.7. The number of pyridine rings is 1. The number of carbonyl (C=O) groups is 2. The molecule has 1 atom stereocenters.